The van der Waals surface area contributed by atoms with Gasteiger partial charge < -0.3 is 9.47 Å². The van der Waals surface area contributed by atoms with Gasteiger partial charge in [0.15, 0.2) is 11.5 Å². The highest BCUT2D eigenvalue weighted by molar-refractivity contribution is 6.29. The van der Waals surface area contributed by atoms with Crippen LogP contribution in [0.25, 0.3) is 0 Å². The Morgan fingerprint density at radius 3 is 2.29 bits per heavy atom. The Morgan fingerprint density at radius 1 is 1.14 bits per heavy atom. The lowest BCUT2D eigenvalue weighted by atomic mass is 10.0. The second-order valence-electron chi connectivity index (χ2n) is 2.49. The van der Waals surface area contributed by atoms with Crippen molar-refractivity contribution in [1.82, 2.24) is 0 Å². The van der Waals surface area contributed by atoms with Gasteiger partial charge in [0.1, 0.15) is 5.57 Å². The molecule has 5 heteroatoms. The van der Waals surface area contributed by atoms with Crippen molar-refractivity contribution in [2.45, 2.75) is 0 Å². The van der Waals surface area contributed by atoms with Gasteiger partial charge in [0.25, 0.3) is 0 Å². The first-order valence-corrected chi connectivity index (χ1v) is 3.74. The van der Waals surface area contributed by atoms with Gasteiger partial charge in [0.2, 0.25) is 5.78 Å². The molecular weight excluding hydrogens is 188 g/mol. The lowest BCUT2D eigenvalue weighted by Gasteiger charge is -2.08. The first-order valence-electron chi connectivity index (χ1n) is 3.74. The van der Waals surface area contributed by atoms with Crippen LogP contribution >= 0.6 is 0 Å². The maximum absolute atomic E-state index is 11.2. The smallest absolute Gasteiger partial charge is 0.341 e. The molecule has 0 unspecified atom stereocenters. The van der Waals surface area contributed by atoms with Crippen molar-refractivity contribution >= 4 is 17.5 Å². The van der Waals surface area contributed by atoms with Crippen molar-refractivity contribution in [2.75, 3.05) is 14.2 Å². The minimum Gasteiger partial charge on any atom is -0.493 e. The molecule has 0 fully saturated rings. The average Bonchev–Trinajstić information content (AvgIpc) is 2.19. The summed E-state index contributed by atoms with van der Waals surface area (Å²) in [6.07, 6.45) is 1.88. The van der Waals surface area contributed by atoms with Crippen LogP contribution < -0.4 is 0 Å². The Labute approximate surface area is 80.0 Å². The predicted molar refractivity (Wildman–Crippen MR) is 45.2 cm³/mol. The summed E-state index contributed by atoms with van der Waals surface area (Å²) in [4.78, 5) is 33.4. The number of ether oxygens (including phenoxy) is 2. The number of carbonyl (C=O) groups excluding carboxylic acids is 3. The zero-order chi connectivity index (χ0) is 10.7. The molecule has 0 N–H and O–H groups in total. The summed E-state index contributed by atoms with van der Waals surface area (Å²) in [5.41, 5.74) is -0.279. The number of allylic oxidation sites excluding steroid dienone is 2. The molecule has 1 aliphatic carbocycles. The van der Waals surface area contributed by atoms with Gasteiger partial charge in [0, 0.05) is 12.2 Å². The zero-order valence-electron chi connectivity index (χ0n) is 7.70. The van der Waals surface area contributed by atoms with E-state index < -0.39 is 17.5 Å². The lowest BCUT2D eigenvalue weighted by Crippen LogP contribution is -2.20. The minimum absolute atomic E-state index is 0.0809. The van der Waals surface area contributed by atoms with E-state index >= 15 is 0 Å². The van der Waals surface area contributed by atoms with E-state index in [4.69, 9.17) is 0 Å². The van der Waals surface area contributed by atoms with Crippen LogP contribution in [0.2, 0.25) is 0 Å². The quantitative estimate of drug-likeness (QED) is 0.346. The van der Waals surface area contributed by atoms with Crippen molar-refractivity contribution in [3.8, 4) is 0 Å². The molecule has 0 atom stereocenters. The average molecular weight is 196 g/mol. The molecule has 1 aliphatic rings. The molecule has 0 aromatic heterocycles. The highest BCUT2D eigenvalue weighted by atomic mass is 16.5. The van der Waals surface area contributed by atoms with E-state index in [-0.39, 0.29) is 11.3 Å². The summed E-state index contributed by atoms with van der Waals surface area (Å²) >= 11 is 0. The van der Waals surface area contributed by atoms with Crippen LogP contribution in [0.5, 0.6) is 0 Å². The number of carbonyl (C=O) groups is 3. The first-order chi connectivity index (χ1) is 6.60. The summed E-state index contributed by atoms with van der Waals surface area (Å²) in [6.45, 7) is 0. The molecule has 74 valence electrons. The fourth-order valence-electron chi connectivity index (χ4n) is 0.970. The number of esters is 1. The lowest BCUT2D eigenvalue weighted by molar-refractivity contribution is -0.137. The molecule has 0 aromatic carbocycles. The van der Waals surface area contributed by atoms with E-state index in [1.54, 1.807) is 0 Å². The molecule has 14 heavy (non-hydrogen) atoms. The Hall–Kier alpha value is -1.91. The molecule has 0 spiro atoms. The highest BCUT2D eigenvalue weighted by Crippen LogP contribution is 2.13. The second kappa shape index (κ2) is 3.87. The molecule has 0 heterocycles. The summed E-state index contributed by atoms with van der Waals surface area (Å²) in [5.74, 6) is -2.02. The van der Waals surface area contributed by atoms with Gasteiger partial charge in [-0.1, -0.05) is 0 Å². The molecule has 0 saturated carbocycles. The molecule has 0 radical (unpaired) electrons. The van der Waals surface area contributed by atoms with E-state index in [2.05, 4.69) is 9.47 Å². The van der Waals surface area contributed by atoms with Crippen LogP contribution in [0.3, 0.4) is 0 Å². The van der Waals surface area contributed by atoms with Crippen molar-refractivity contribution < 1.29 is 23.9 Å². The summed E-state index contributed by atoms with van der Waals surface area (Å²) in [6, 6.07) is 0. The number of hydrogen-bond donors (Lipinski definition) is 0. The van der Waals surface area contributed by atoms with Crippen molar-refractivity contribution in [2.24, 2.45) is 0 Å². The largest absolute Gasteiger partial charge is 0.493 e. The van der Waals surface area contributed by atoms with E-state index in [1.165, 1.54) is 7.11 Å². The third kappa shape index (κ3) is 1.71. The van der Waals surface area contributed by atoms with Gasteiger partial charge in [-0.15, -0.1) is 0 Å². The second-order valence-corrected chi connectivity index (χ2v) is 2.49. The van der Waals surface area contributed by atoms with Crippen molar-refractivity contribution in [3.63, 3.8) is 0 Å². The fraction of sp³-hybridized carbons (Fsp3) is 0.222. The SMILES string of the molecule is COC(=O)C1=CC(=O)C(OC)=CC1=O. The van der Waals surface area contributed by atoms with Gasteiger partial charge in [-0.05, 0) is 0 Å². The molecule has 0 amide bonds. The molecule has 0 saturated heterocycles. The van der Waals surface area contributed by atoms with E-state index in [0.717, 1.165) is 19.3 Å². The first kappa shape index (κ1) is 10.2. The Kier molecular flexibility index (Phi) is 2.81. The van der Waals surface area contributed by atoms with E-state index in [1.807, 2.05) is 0 Å². The molecule has 5 nitrogen and oxygen atoms in total. The molecular formula is C9H8O5. The monoisotopic (exact) mass is 196 g/mol. The minimum atomic E-state index is -0.824. The van der Waals surface area contributed by atoms with Gasteiger partial charge in [-0.3, -0.25) is 9.59 Å². The summed E-state index contributed by atoms with van der Waals surface area (Å²) in [7, 11) is 2.41. The standard InChI is InChI=1S/C9H8O5/c1-13-8-4-6(10)5(3-7(8)11)9(12)14-2/h3-4H,1-2H3. The zero-order valence-corrected chi connectivity index (χ0v) is 7.70. The molecule has 0 aliphatic heterocycles. The van der Waals surface area contributed by atoms with E-state index in [0.29, 0.717) is 0 Å². The Morgan fingerprint density at radius 2 is 1.79 bits per heavy atom. The topological polar surface area (TPSA) is 69.7 Å². The van der Waals surface area contributed by atoms with Crippen molar-refractivity contribution in [1.29, 1.82) is 0 Å². The summed E-state index contributed by atoms with van der Waals surface area (Å²) < 4.78 is 8.96. The van der Waals surface area contributed by atoms with Gasteiger partial charge in [-0.2, -0.15) is 0 Å². The number of methoxy groups -OCH3 is 2. The molecule has 1 rings (SSSR count). The number of hydrogen-bond acceptors (Lipinski definition) is 5. The van der Waals surface area contributed by atoms with Gasteiger partial charge in [0.05, 0.1) is 14.2 Å². The van der Waals surface area contributed by atoms with Gasteiger partial charge in [-0.25, -0.2) is 4.79 Å². The van der Waals surface area contributed by atoms with Crippen LogP contribution in [0, 0.1) is 0 Å². The number of rotatable bonds is 2. The Bertz CT molecular complexity index is 361. The Balaban J connectivity index is 3.00. The fourth-order valence-corrected chi connectivity index (χ4v) is 0.970. The van der Waals surface area contributed by atoms with Crippen LogP contribution in [0.15, 0.2) is 23.5 Å². The third-order valence-electron chi connectivity index (χ3n) is 1.67. The highest BCUT2D eigenvalue weighted by Gasteiger charge is 2.26. The van der Waals surface area contributed by atoms with Crippen molar-refractivity contribution in [3.05, 3.63) is 23.5 Å². The maximum Gasteiger partial charge on any atom is 0.341 e. The van der Waals surface area contributed by atoms with E-state index in [9.17, 15) is 14.4 Å². The normalized spacial score (nSPS) is 15.9. The third-order valence-corrected chi connectivity index (χ3v) is 1.67. The molecule has 0 aromatic rings. The van der Waals surface area contributed by atoms with Crippen LogP contribution in [0.1, 0.15) is 0 Å². The van der Waals surface area contributed by atoms with Gasteiger partial charge >= 0.3 is 5.97 Å². The number of ketones is 2. The van der Waals surface area contributed by atoms with Crippen LogP contribution in [-0.4, -0.2) is 31.8 Å². The van der Waals surface area contributed by atoms with Crippen LogP contribution in [0.4, 0.5) is 0 Å². The maximum atomic E-state index is 11.2. The predicted octanol–water partition coefficient (Wildman–Crippen LogP) is -0.232. The van der Waals surface area contributed by atoms with Crippen LogP contribution in [-0.2, 0) is 23.9 Å². The molecule has 0 bridgehead atoms. The summed E-state index contributed by atoms with van der Waals surface area (Å²) in [5, 5.41) is 0.